The van der Waals surface area contributed by atoms with Gasteiger partial charge in [0, 0.05) is 29.0 Å². The lowest BCUT2D eigenvalue weighted by molar-refractivity contribution is -0.123. The molecule has 4 atom stereocenters. The standard InChI is InChI=1S/C35H30ClF6N7O4S/c1-14(2)54(52,53)48-34(51)21-9-17(4-5-22(21)36)20-11-23-25(12-43-46-23)45-30(20)24(8-16-6-18(37)10-19(38)7-16)44-26(50)13-49-32-28(31(47-49)33(39)40)27-15(3)29(27)35(32,41)42/h4-7,9-12,14-15,24,27,29,33H,8,13H2,1-3H3,(H,43,46)(H,44,50)(H,48,51)/t15-,24+,27?,29?/m1/s1. The van der Waals surface area contributed by atoms with E-state index in [0.717, 1.165) is 12.1 Å². The number of pyridine rings is 1. The fraction of sp³-hybridized carbons (Fsp3) is 0.343. The lowest BCUT2D eigenvalue weighted by atomic mass is 9.94. The molecule has 7 rings (SSSR count). The number of benzene rings is 2. The van der Waals surface area contributed by atoms with Gasteiger partial charge in [0.05, 0.1) is 39.3 Å². The first-order valence-electron chi connectivity index (χ1n) is 16.6. The minimum Gasteiger partial charge on any atom is -0.346 e. The van der Waals surface area contributed by atoms with Crippen molar-refractivity contribution in [2.45, 2.75) is 63.3 Å². The summed E-state index contributed by atoms with van der Waals surface area (Å²) < 4.78 is 115. The van der Waals surface area contributed by atoms with Crippen LogP contribution in [0.15, 0.2) is 48.7 Å². The highest BCUT2D eigenvalue weighted by Gasteiger charge is 2.71. The number of hydrogen-bond donors (Lipinski definition) is 3. The van der Waals surface area contributed by atoms with Gasteiger partial charge in [0.1, 0.15) is 35.1 Å². The van der Waals surface area contributed by atoms with Crippen LogP contribution in [-0.4, -0.2) is 50.4 Å². The number of carbonyl (C=O) groups is 2. The van der Waals surface area contributed by atoms with E-state index in [4.69, 9.17) is 11.6 Å². The monoisotopic (exact) mass is 793 g/mol. The fourth-order valence-electron chi connectivity index (χ4n) is 7.18. The van der Waals surface area contributed by atoms with Crippen molar-refractivity contribution >= 4 is 44.5 Å². The van der Waals surface area contributed by atoms with E-state index < -0.39 is 92.8 Å². The van der Waals surface area contributed by atoms with Crippen molar-refractivity contribution in [3.8, 4) is 11.1 Å². The molecule has 1 saturated carbocycles. The minimum atomic E-state index is -4.07. The zero-order chi connectivity index (χ0) is 39.0. The second kappa shape index (κ2) is 13.4. The number of nitrogens with one attached hydrogen (secondary N) is 3. The van der Waals surface area contributed by atoms with Crippen LogP contribution in [0.3, 0.4) is 0 Å². The highest BCUT2D eigenvalue weighted by Crippen LogP contribution is 2.71. The molecule has 0 spiro atoms. The Kier molecular flexibility index (Phi) is 9.27. The molecule has 11 nitrogen and oxygen atoms in total. The SMILES string of the molecule is CC(C)S(=O)(=O)NC(=O)c1cc(-c2cc3[nH]ncc3nc2[C@H](Cc2cc(F)cc(F)c2)NC(=O)Cn2nc(C(F)F)c3c2C(F)(F)C2C3[C@H]2C)ccc1Cl. The van der Waals surface area contributed by atoms with Crippen molar-refractivity contribution < 1.29 is 44.3 Å². The number of amides is 2. The van der Waals surface area contributed by atoms with E-state index in [2.05, 4.69) is 25.6 Å². The topological polar surface area (TPSA) is 152 Å². The van der Waals surface area contributed by atoms with Crippen LogP contribution in [0.2, 0.25) is 5.02 Å². The summed E-state index contributed by atoms with van der Waals surface area (Å²) in [6, 6.07) is 7.03. The maximum Gasteiger partial charge on any atom is 0.293 e. The lowest BCUT2D eigenvalue weighted by Gasteiger charge is -2.23. The Bertz CT molecular complexity index is 2430. The van der Waals surface area contributed by atoms with Gasteiger partial charge < -0.3 is 5.32 Å². The van der Waals surface area contributed by atoms with E-state index in [1.807, 2.05) is 4.72 Å². The molecule has 2 aromatic carbocycles. The van der Waals surface area contributed by atoms with Gasteiger partial charge in [-0.1, -0.05) is 24.6 Å². The van der Waals surface area contributed by atoms with Gasteiger partial charge in [-0.05, 0) is 67.6 Å². The molecule has 3 N–H and O–H groups in total. The molecule has 19 heteroatoms. The van der Waals surface area contributed by atoms with E-state index in [-0.39, 0.29) is 50.5 Å². The number of rotatable bonds is 11. The molecular formula is C35H30ClF6N7O4S. The third kappa shape index (κ3) is 6.58. The first-order chi connectivity index (χ1) is 25.4. The summed E-state index contributed by atoms with van der Waals surface area (Å²) in [6.07, 6.45) is -2.14. The quantitative estimate of drug-likeness (QED) is 0.126. The summed E-state index contributed by atoms with van der Waals surface area (Å²) in [5.41, 5.74) is -0.884. The van der Waals surface area contributed by atoms with E-state index in [1.165, 1.54) is 45.2 Å². The van der Waals surface area contributed by atoms with Crippen LogP contribution in [0, 0.1) is 23.5 Å². The molecule has 2 amide bonds. The molecular weight excluding hydrogens is 764 g/mol. The van der Waals surface area contributed by atoms with E-state index in [1.54, 1.807) is 6.07 Å². The predicted octanol–water partition coefficient (Wildman–Crippen LogP) is 6.71. The third-order valence-corrected chi connectivity index (χ3v) is 11.9. The molecule has 2 aliphatic rings. The van der Waals surface area contributed by atoms with Crippen molar-refractivity contribution in [1.82, 2.24) is 35.0 Å². The molecule has 0 aliphatic heterocycles. The van der Waals surface area contributed by atoms with E-state index >= 15 is 8.78 Å². The maximum absolute atomic E-state index is 15.5. The van der Waals surface area contributed by atoms with Crippen LogP contribution in [-0.2, 0) is 33.7 Å². The smallest absolute Gasteiger partial charge is 0.293 e. The number of aromatic nitrogens is 5. The average molecular weight is 794 g/mol. The summed E-state index contributed by atoms with van der Waals surface area (Å²) in [6.45, 7) is 3.37. The Morgan fingerprint density at radius 1 is 1.06 bits per heavy atom. The van der Waals surface area contributed by atoms with Crippen molar-refractivity contribution in [3.63, 3.8) is 0 Å². The van der Waals surface area contributed by atoms with Crippen LogP contribution >= 0.6 is 11.6 Å². The number of hydrogen-bond acceptors (Lipinski definition) is 7. The molecule has 3 heterocycles. The second-order valence-electron chi connectivity index (χ2n) is 13.7. The van der Waals surface area contributed by atoms with Crippen LogP contribution < -0.4 is 10.0 Å². The number of sulfonamides is 1. The Balaban J connectivity index is 1.31. The average Bonchev–Trinajstić information content (AvgIpc) is 3.35. The first-order valence-corrected chi connectivity index (χ1v) is 18.5. The maximum atomic E-state index is 15.5. The number of fused-ring (bicyclic) bond motifs is 4. The van der Waals surface area contributed by atoms with Crippen LogP contribution in [0.4, 0.5) is 26.3 Å². The molecule has 1 fully saturated rings. The largest absolute Gasteiger partial charge is 0.346 e. The molecule has 0 radical (unpaired) electrons. The molecule has 0 saturated heterocycles. The van der Waals surface area contributed by atoms with Gasteiger partial charge in [0.15, 0.2) is 0 Å². The Labute approximate surface area is 308 Å². The van der Waals surface area contributed by atoms with Crippen molar-refractivity contribution in [2.24, 2.45) is 11.8 Å². The third-order valence-electron chi connectivity index (χ3n) is 9.82. The normalized spacial score (nSPS) is 19.2. The number of H-pyrrole nitrogens is 1. The highest BCUT2D eigenvalue weighted by atomic mass is 35.5. The zero-order valence-corrected chi connectivity index (χ0v) is 30.0. The Morgan fingerprint density at radius 3 is 2.43 bits per heavy atom. The number of nitrogens with zero attached hydrogens (tertiary/aromatic N) is 4. The van der Waals surface area contributed by atoms with Gasteiger partial charge in [-0.2, -0.15) is 19.0 Å². The van der Waals surface area contributed by atoms with Gasteiger partial charge in [0.2, 0.25) is 15.9 Å². The molecule has 2 aliphatic carbocycles. The van der Waals surface area contributed by atoms with Gasteiger partial charge >= 0.3 is 0 Å². The van der Waals surface area contributed by atoms with Crippen LogP contribution in [0.1, 0.15) is 77.7 Å². The van der Waals surface area contributed by atoms with Crippen molar-refractivity contribution in [3.05, 3.63) is 99.1 Å². The molecule has 284 valence electrons. The number of carbonyl (C=O) groups excluding carboxylic acids is 2. The zero-order valence-electron chi connectivity index (χ0n) is 28.5. The Morgan fingerprint density at radius 2 is 1.76 bits per heavy atom. The van der Waals surface area contributed by atoms with E-state index in [9.17, 15) is 35.6 Å². The predicted molar refractivity (Wildman–Crippen MR) is 183 cm³/mol. The highest BCUT2D eigenvalue weighted by molar-refractivity contribution is 7.90. The molecule has 3 aromatic heterocycles. The second-order valence-corrected chi connectivity index (χ2v) is 16.3. The fourth-order valence-corrected chi connectivity index (χ4v) is 7.99. The summed E-state index contributed by atoms with van der Waals surface area (Å²) >= 11 is 6.33. The summed E-state index contributed by atoms with van der Waals surface area (Å²) in [5, 5.41) is 12.1. The van der Waals surface area contributed by atoms with Gasteiger partial charge in [-0.25, -0.2) is 35.7 Å². The molecule has 0 bridgehead atoms. The number of aromatic amines is 1. The number of alkyl halides is 4. The lowest BCUT2D eigenvalue weighted by Crippen LogP contribution is -2.36. The van der Waals surface area contributed by atoms with Crippen LogP contribution in [0.25, 0.3) is 22.2 Å². The molecule has 2 unspecified atom stereocenters. The minimum absolute atomic E-state index is 0.0461. The first kappa shape index (κ1) is 37.3. The van der Waals surface area contributed by atoms with Gasteiger partial charge in [-0.3, -0.25) is 19.4 Å². The van der Waals surface area contributed by atoms with Crippen LogP contribution in [0.5, 0.6) is 0 Å². The van der Waals surface area contributed by atoms with Gasteiger partial charge in [0.25, 0.3) is 18.3 Å². The van der Waals surface area contributed by atoms with E-state index in [0.29, 0.717) is 16.3 Å². The van der Waals surface area contributed by atoms with Crippen molar-refractivity contribution in [2.75, 3.05) is 0 Å². The number of halogens is 7. The summed E-state index contributed by atoms with van der Waals surface area (Å²) in [5.74, 6) is -9.95. The molecule has 54 heavy (non-hydrogen) atoms. The Hall–Kier alpha value is -4.97. The van der Waals surface area contributed by atoms with Gasteiger partial charge in [-0.15, -0.1) is 0 Å². The molecule has 5 aromatic rings. The summed E-state index contributed by atoms with van der Waals surface area (Å²) in [4.78, 5) is 31.6. The van der Waals surface area contributed by atoms with Crippen molar-refractivity contribution in [1.29, 1.82) is 0 Å². The summed E-state index contributed by atoms with van der Waals surface area (Å²) in [7, 11) is -4.07.